The summed E-state index contributed by atoms with van der Waals surface area (Å²) in [6.07, 6.45) is 0.769. The van der Waals surface area contributed by atoms with Gasteiger partial charge in [-0.2, -0.15) is 0 Å². The molecule has 9 nitrogen and oxygen atoms in total. The van der Waals surface area contributed by atoms with Crippen LogP contribution in [0.15, 0.2) is 41.2 Å². The summed E-state index contributed by atoms with van der Waals surface area (Å²) in [5.41, 5.74) is 4.49. The number of fused-ring (bicyclic) bond motifs is 2. The molecule has 2 aromatic heterocycles. The van der Waals surface area contributed by atoms with Crippen LogP contribution in [0.25, 0.3) is 10.9 Å². The lowest BCUT2D eigenvalue weighted by molar-refractivity contribution is 0.153. The third-order valence-corrected chi connectivity index (χ3v) is 6.82. The van der Waals surface area contributed by atoms with Gasteiger partial charge in [-0.25, -0.2) is 4.68 Å². The number of aromatic amines is 1. The third-order valence-electron chi connectivity index (χ3n) is 6.82. The van der Waals surface area contributed by atoms with Gasteiger partial charge >= 0.3 is 0 Å². The minimum atomic E-state index is -0.286. The van der Waals surface area contributed by atoms with Crippen LogP contribution < -0.4 is 15.0 Å². The molecule has 0 unspecified atom stereocenters. The molecule has 0 fully saturated rings. The van der Waals surface area contributed by atoms with Crippen LogP contribution in [-0.4, -0.2) is 36.9 Å². The van der Waals surface area contributed by atoms with Gasteiger partial charge in [-0.1, -0.05) is 24.6 Å². The summed E-state index contributed by atoms with van der Waals surface area (Å²) >= 11 is 0. The molecule has 1 aliphatic heterocycles. The van der Waals surface area contributed by atoms with Crippen molar-refractivity contribution in [2.75, 3.05) is 6.79 Å². The van der Waals surface area contributed by atoms with Crippen LogP contribution in [0.2, 0.25) is 0 Å². The molecule has 4 aromatic rings. The Bertz CT molecular complexity index is 1500. The predicted molar refractivity (Wildman–Crippen MR) is 142 cm³/mol. The van der Waals surface area contributed by atoms with Gasteiger partial charge in [0.1, 0.15) is 0 Å². The van der Waals surface area contributed by atoms with E-state index in [0.717, 1.165) is 51.3 Å². The van der Waals surface area contributed by atoms with Crippen molar-refractivity contribution < 1.29 is 9.47 Å². The van der Waals surface area contributed by atoms with Gasteiger partial charge in [-0.15, -0.1) is 5.10 Å². The van der Waals surface area contributed by atoms with Crippen LogP contribution >= 0.6 is 0 Å². The van der Waals surface area contributed by atoms with Gasteiger partial charge in [0.2, 0.25) is 6.79 Å². The number of H-pyrrole nitrogens is 1. The molecule has 1 N–H and O–H groups in total. The molecule has 0 amide bonds. The van der Waals surface area contributed by atoms with Crippen LogP contribution in [0.5, 0.6) is 11.5 Å². The lowest BCUT2D eigenvalue weighted by atomic mass is 10.0. The highest BCUT2D eigenvalue weighted by molar-refractivity contribution is 5.82. The van der Waals surface area contributed by atoms with Crippen LogP contribution in [0.4, 0.5) is 0 Å². The lowest BCUT2D eigenvalue weighted by Crippen LogP contribution is -2.35. The van der Waals surface area contributed by atoms with Gasteiger partial charge in [-0.05, 0) is 92.2 Å². The van der Waals surface area contributed by atoms with E-state index < -0.39 is 0 Å². The van der Waals surface area contributed by atoms with Gasteiger partial charge in [-0.3, -0.25) is 9.69 Å². The van der Waals surface area contributed by atoms with Crippen LogP contribution in [0.3, 0.4) is 0 Å². The first kappa shape index (κ1) is 25.0. The van der Waals surface area contributed by atoms with Crippen molar-refractivity contribution in [3.05, 3.63) is 74.8 Å². The molecule has 0 saturated heterocycles. The molecule has 0 spiro atoms. The average molecular weight is 503 g/mol. The van der Waals surface area contributed by atoms with Crippen LogP contribution in [-0.2, 0) is 18.6 Å². The fraction of sp³-hybridized carbons (Fsp3) is 0.429. The number of rotatable bonds is 7. The Hall–Kier alpha value is -3.72. The van der Waals surface area contributed by atoms with Crippen molar-refractivity contribution in [2.24, 2.45) is 0 Å². The number of hydrogen-bond donors (Lipinski definition) is 1. The van der Waals surface area contributed by atoms with Crippen molar-refractivity contribution in [2.45, 2.75) is 72.6 Å². The largest absolute Gasteiger partial charge is 0.454 e. The Balaban J connectivity index is 1.57. The summed E-state index contributed by atoms with van der Waals surface area (Å²) in [4.78, 5) is 18.7. The molecular weight excluding hydrogens is 468 g/mol. The Kier molecular flexibility index (Phi) is 6.49. The second kappa shape index (κ2) is 9.63. The van der Waals surface area contributed by atoms with E-state index >= 15 is 0 Å². The molecule has 0 saturated carbocycles. The third kappa shape index (κ3) is 4.96. The van der Waals surface area contributed by atoms with Crippen molar-refractivity contribution in [1.82, 2.24) is 30.1 Å². The summed E-state index contributed by atoms with van der Waals surface area (Å²) < 4.78 is 13.0. The number of pyridine rings is 1. The standard InChI is InChI=1S/C28H34N6O3/c1-7-22(26-30-31-32-34(26)28(4,5)6)33(14-19-8-9-23-24(12-19)37-16-36-23)15-21-13-20-11-17(2)10-18(3)25(20)29-27(21)35/h8-13,22H,7,14-16H2,1-6H3,(H,29,35)/t22-/m0/s1. The maximum absolute atomic E-state index is 13.3. The van der Waals surface area contributed by atoms with Gasteiger partial charge in [0.25, 0.3) is 5.56 Å². The van der Waals surface area contributed by atoms with E-state index in [4.69, 9.17) is 9.47 Å². The van der Waals surface area contributed by atoms with E-state index in [1.54, 1.807) is 0 Å². The highest BCUT2D eigenvalue weighted by Gasteiger charge is 2.30. The zero-order valence-corrected chi connectivity index (χ0v) is 22.3. The number of benzene rings is 2. The molecule has 5 rings (SSSR count). The van der Waals surface area contributed by atoms with Gasteiger partial charge < -0.3 is 14.5 Å². The van der Waals surface area contributed by atoms with Crippen molar-refractivity contribution >= 4 is 10.9 Å². The molecular formula is C28H34N6O3. The van der Waals surface area contributed by atoms with Gasteiger partial charge in [0, 0.05) is 18.7 Å². The maximum atomic E-state index is 13.3. The first-order chi connectivity index (χ1) is 17.6. The fourth-order valence-electron chi connectivity index (χ4n) is 5.10. The predicted octanol–water partition coefficient (Wildman–Crippen LogP) is 4.77. The first-order valence-corrected chi connectivity index (χ1v) is 12.7. The minimum Gasteiger partial charge on any atom is -0.454 e. The van der Waals surface area contributed by atoms with Crippen LogP contribution in [0.1, 0.15) is 68.2 Å². The molecule has 9 heteroatoms. The number of aryl methyl sites for hydroxylation is 2. The SMILES string of the molecule is CC[C@@H](c1nnnn1C(C)(C)C)N(Cc1ccc2c(c1)OCO2)Cc1cc2cc(C)cc(C)c2[nH]c1=O. The number of nitrogens with one attached hydrogen (secondary N) is 1. The van der Waals surface area contributed by atoms with E-state index in [-0.39, 0.29) is 23.9 Å². The van der Waals surface area contributed by atoms with E-state index in [9.17, 15) is 4.79 Å². The first-order valence-electron chi connectivity index (χ1n) is 12.7. The highest BCUT2D eigenvalue weighted by Crippen LogP contribution is 2.35. The lowest BCUT2D eigenvalue weighted by Gasteiger charge is -2.32. The Morgan fingerprint density at radius 2 is 1.86 bits per heavy atom. The summed E-state index contributed by atoms with van der Waals surface area (Å²) in [6, 6.07) is 12.1. The zero-order valence-electron chi connectivity index (χ0n) is 22.3. The Morgan fingerprint density at radius 1 is 1.08 bits per heavy atom. The topological polar surface area (TPSA) is 98.2 Å². The van der Waals surface area contributed by atoms with Crippen molar-refractivity contribution in [3.63, 3.8) is 0 Å². The number of aromatic nitrogens is 5. The summed E-state index contributed by atoms with van der Waals surface area (Å²) in [5.74, 6) is 2.26. The Morgan fingerprint density at radius 3 is 2.62 bits per heavy atom. The number of ether oxygens (including phenoxy) is 2. The second-order valence-electron chi connectivity index (χ2n) is 10.8. The van der Waals surface area contributed by atoms with Gasteiger partial charge in [0.05, 0.1) is 17.1 Å². The second-order valence-corrected chi connectivity index (χ2v) is 10.8. The van der Waals surface area contributed by atoms with Crippen molar-refractivity contribution in [1.29, 1.82) is 0 Å². The molecule has 0 radical (unpaired) electrons. The monoisotopic (exact) mass is 502 g/mol. The molecule has 3 heterocycles. The Labute approximate surface area is 216 Å². The smallest absolute Gasteiger partial charge is 0.252 e. The minimum absolute atomic E-state index is 0.0830. The molecule has 37 heavy (non-hydrogen) atoms. The van der Waals surface area contributed by atoms with E-state index in [1.807, 2.05) is 35.9 Å². The normalized spacial score (nSPS) is 14.0. The molecule has 0 aliphatic carbocycles. The molecule has 1 atom stereocenters. The molecule has 2 aromatic carbocycles. The summed E-state index contributed by atoms with van der Waals surface area (Å²) in [7, 11) is 0. The highest BCUT2D eigenvalue weighted by atomic mass is 16.7. The van der Waals surface area contributed by atoms with Gasteiger partial charge in [0.15, 0.2) is 17.3 Å². The number of nitrogens with zero attached hydrogens (tertiary/aromatic N) is 5. The quantitative estimate of drug-likeness (QED) is 0.389. The zero-order chi connectivity index (χ0) is 26.3. The molecule has 0 bridgehead atoms. The maximum Gasteiger partial charge on any atom is 0.252 e. The van der Waals surface area contributed by atoms with E-state index in [2.05, 4.69) is 72.2 Å². The van der Waals surface area contributed by atoms with E-state index in [1.165, 1.54) is 0 Å². The van der Waals surface area contributed by atoms with Crippen molar-refractivity contribution in [3.8, 4) is 11.5 Å². The van der Waals surface area contributed by atoms with Crippen LogP contribution in [0, 0.1) is 13.8 Å². The molecule has 194 valence electrons. The summed E-state index contributed by atoms with van der Waals surface area (Å²) in [5, 5.41) is 13.8. The van der Waals surface area contributed by atoms with E-state index in [0.29, 0.717) is 18.7 Å². The fourth-order valence-corrected chi connectivity index (χ4v) is 5.10. The molecule has 1 aliphatic rings. The number of tetrazole rings is 1. The number of hydrogen-bond acceptors (Lipinski definition) is 7. The average Bonchev–Trinajstić information content (AvgIpc) is 3.50. The summed E-state index contributed by atoms with van der Waals surface area (Å²) in [6.45, 7) is 13.7.